The molecule has 1 aliphatic carbocycles. The van der Waals surface area contributed by atoms with Crippen LogP contribution >= 0.6 is 0 Å². The number of piperidine rings is 1. The fourth-order valence-corrected chi connectivity index (χ4v) is 5.44. The molecule has 1 heterocycles. The lowest BCUT2D eigenvalue weighted by Gasteiger charge is -2.44. The summed E-state index contributed by atoms with van der Waals surface area (Å²) in [4.78, 5) is 16.1. The van der Waals surface area contributed by atoms with Gasteiger partial charge in [-0.25, -0.2) is 0 Å². The Hall–Kier alpha value is -2.29. The molecule has 0 aromatic heterocycles. The zero-order valence-corrected chi connectivity index (χ0v) is 20.5. The van der Waals surface area contributed by atoms with Crippen molar-refractivity contribution in [3.63, 3.8) is 0 Å². The van der Waals surface area contributed by atoms with Gasteiger partial charge in [-0.15, -0.1) is 0 Å². The summed E-state index contributed by atoms with van der Waals surface area (Å²) in [6.45, 7) is 16.6. The van der Waals surface area contributed by atoms with Crippen LogP contribution in [0, 0.1) is 11.8 Å². The first-order chi connectivity index (χ1) is 15.5. The average molecular weight is 435 g/mol. The van der Waals surface area contributed by atoms with Crippen LogP contribution in [0.25, 0.3) is 11.8 Å². The van der Waals surface area contributed by atoms with E-state index in [1.54, 1.807) is 6.08 Å². The highest BCUT2D eigenvalue weighted by Crippen LogP contribution is 2.37. The SMILES string of the molecule is C=C/C=C\c1c(C(=O)N2CCCC3CCCCC32)ccc(C(=C)NCC(C)CC)c1CC. The summed E-state index contributed by atoms with van der Waals surface area (Å²) < 4.78 is 0. The smallest absolute Gasteiger partial charge is 0.254 e. The van der Waals surface area contributed by atoms with Crippen LogP contribution in [-0.2, 0) is 6.42 Å². The van der Waals surface area contributed by atoms with E-state index >= 15 is 0 Å². The molecule has 1 aliphatic heterocycles. The molecule has 3 unspecified atom stereocenters. The maximum Gasteiger partial charge on any atom is 0.254 e. The Morgan fingerprint density at radius 2 is 1.91 bits per heavy atom. The molecule has 0 spiro atoms. The van der Waals surface area contributed by atoms with E-state index in [4.69, 9.17) is 0 Å². The van der Waals surface area contributed by atoms with Crippen LogP contribution in [0.15, 0.2) is 37.4 Å². The number of hydrogen-bond donors (Lipinski definition) is 1. The molecule has 3 heteroatoms. The monoisotopic (exact) mass is 434 g/mol. The number of hydrogen-bond acceptors (Lipinski definition) is 2. The molecular formula is C29H42N2O. The molecule has 3 atom stereocenters. The molecule has 2 fully saturated rings. The summed E-state index contributed by atoms with van der Waals surface area (Å²) in [5.74, 6) is 1.48. The second kappa shape index (κ2) is 11.5. The minimum atomic E-state index is 0.199. The number of benzene rings is 1. The molecular weight excluding hydrogens is 392 g/mol. The van der Waals surface area contributed by atoms with Gasteiger partial charge in [-0.1, -0.05) is 77.5 Å². The van der Waals surface area contributed by atoms with Crippen LogP contribution in [-0.4, -0.2) is 29.9 Å². The van der Waals surface area contributed by atoms with Gasteiger partial charge in [0.05, 0.1) is 0 Å². The number of nitrogens with zero attached hydrogens (tertiary/aromatic N) is 1. The fourth-order valence-electron chi connectivity index (χ4n) is 5.44. The van der Waals surface area contributed by atoms with Crippen molar-refractivity contribution in [2.24, 2.45) is 11.8 Å². The molecule has 1 amide bonds. The van der Waals surface area contributed by atoms with Crippen LogP contribution in [0.2, 0.25) is 0 Å². The Kier molecular flexibility index (Phi) is 8.78. The summed E-state index contributed by atoms with van der Waals surface area (Å²) >= 11 is 0. The molecule has 1 N–H and O–H groups in total. The third kappa shape index (κ3) is 5.36. The molecule has 1 saturated heterocycles. The summed E-state index contributed by atoms with van der Waals surface area (Å²) in [7, 11) is 0. The van der Waals surface area contributed by atoms with E-state index in [2.05, 4.69) is 56.3 Å². The Labute approximate surface area is 195 Å². The molecule has 3 nitrogen and oxygen atoms in total. The lowest BCUT2D eigenvalue weighted by atomic mass is 9.78. The van der Waals surface area contributed by atoms with E-state index in [9.17, 15) is 4.79 Å². The third-order valence-electron chi connectivity index (χ3n) is 7.53. The Bertz CT molecular complexity index is 851. The summed E-state index contributed by atoms with van der Waals surface area (Å²) in [5.41, 5.74) is 5.10. The summed E-state index contributed by atoms with van der Waals surface area (Å²) in [5, 5.41) is 3.52. The quantitative estimate of drug-likeness (QED) is 0.431. The number of likely N-dealkylation sites (tertiary alicyclic amines) is 1. The van der Waals surface area contributed by atoms with Crippen LogP contribution < -0.4 is 5.32 Å². The number of rotatable bonds is 9. The van der Waals surface area contributed by atoms with Gasteiger partial charge in [-0.3, -0.25) is 4.79 Å². The predicted molar refractivity (Wildman–Crippen MR) is 138 cm³/mol. The van der Waals surface area contributed by atoms with Gasteiger partial charge in [0.25, 0.3) is 5.91 Å². The second-order valence-electron chi connectivity index (χ2n) is 9.63. The molecule has 1 aromatic carbocycles. The molecule has 32 heavy (non-hydrogen) atoms. The number of fused-ring (bicyclic) bond motifs is 1. The standard InChI is InChI=1S/C29H42N2O/c1-6-9-15-26-24(8-3)25(22(5)30-20-21(4)7-2)17-18-27(26)29(32)31-19-12-14-23-13-10-11-16-28(23)31/h6,9,15,17-18,21,23,28,30H,1,5,7-8,10-14,16,19-20H2,2-4H3/b15-9-. The number of allylic oxidation sites excluding steroid dienone is 2. The van der Waals surface area contributed by atoms with Crippen molar-refractivity contribution in [2.45, 2.75) is 78.2 Å². The predicted octanol–water partition coefficient (Wildman–Crippen LogP) is 6.85. The van der Waals surface area contributed by atoms with Gasteiger partial charge in [-0.2, -0.15) is 0 Å². The lowest BCUT2D eigenvalue weighted by molar-refractivity contribution is 0.0390. The highest BCUT2D eigenvalue weighted by Gasteiger charge is 2.36. The van der Waals surface area contributed by atoms with Crippen molar-refractivity contribution in [3.8, 4) is 0 Å². The maximum atomic E-state index is 13.9. The van der Waals surface area contributed by atoms with Crippen LogP contribution in [0.4, 0.5) is 0 Å². The highest BCUT2D eigenvalue weighted by molar-refractivity contribution is 5.99. The average Bonchev–Trinajstić information content (AvgIpc) is 2.84. The second-order valence-corrected chi connectivity index (χ2v) is 9.63. The van der Waals surface area contributed by atoms with E-state index in [-0.39, 0.29) is 5.91 Å². The van der Waals surface area contributed by atoms with Gasteiger partial charge >= 0.3 is 0 Å². The Balaban J connectivity index is 1.96. The van der Waals surface area contributed by atoms with Gasteiger partial charge < -0.3 is 10.2 Å². The number of carbonyl (C=O) groups is 1. The van der Waals surface area contributed by atoms with E-state index in [1.165, 1.54) is 31.2 Å². The topological polar surface area (TPSA) is 32.3 Å². The lowest BCUT2D eigenvalue weighted by Crippen LogP contribution is -2.49. The molecule has 1 aromatic rings. The third-order valence-corrected chi connectivity index (χ3v) is 7.53. The van der Waals surface area contributed by atoms with Crippen LogP contribution in [0.5, 0.6) is 0 Å². The number of amides is 1. The van der Waals surface area contributed by atoms with Gasteiger partial charge in [0.2, 0.25) is 0 Å². The number of carbonyl (C=O) groups excluding carboxylic acids is 1. The summed E-state index contributed by atoms with van der Waals surface area (Å²) in [6.07, 6.45) is 15.2. The molecule has 174 valence electrons. The van der Waals surface area contributed by atoms with Crippen LogP contribution in [0.3, 0.4) is 0 Å². The fraction of sp³-hybridized carbons (Fsp3) is 0.552. The van der Waals surface area contributed by atoms with E-state index in [0.29, 0.717) is 17.9 Å². The van der Waals surface area contributed by atoms with Gasteiger partial charge in [0, 0.05) is 36.0 Å². The van der Waals surface area contributed by atoms with E-state index < -0.39 is 0 Å². The first-order valence-electron chi connectivity index (χ1n) is 12.7. The van der Waals surface area contributed by atoms with E-state index in [1.807, 2.05) is 12.1 Å². The molecule has 0 radical (unpaired) electrons. The van der Waals surface area contributed by atoms with Crippen molar-refractivity contribution in [1.29, 1.82) is 0 Å². The molecule has 2 aliphatic rings. The van der Waals surface area contributed by atoms with Crippen molar-refractivity contribution in [2.75, 3.05) is 13.1 Å². The normalized spacial score (nSPS) is 21.8. The Morgan fingerprint density at radius 3 is 2.62 bits per heavy atom. The largest absolute Gasteiger partial charge is 0.385 e. The van der Waals surface area contributed by atoms with Crippen molar-refractivity contribution in [1.82, 2.24) is 10.2 Å². The van der Waals surface area contributed by atoms with Crippen molar-refractivity contribution >= 4 is 17.7 Å². The minimum Gasteiger partial charge on any atom is -0.385 e. The van der Waals surface area contributed by atoms with Gasteiger partial charge in [0.1, 0.15) is 0 Å². The maximum absolute atomic E-state index is 13.9. The molecule has 1 saturated carbocycles. The first-order valence-corrected chi connectivity index (χ1v) is 12.7. The van der Waals surface area contributed by atoms with Crippen molar-refractivity contribution < 1.29 is 4.79 Å². The zero-order valence-electron chi connectivity index (χ0n) is 20.5. The minimum absolute atomic E-state index is 0.199. The Morgan fingerprint density at radius 1 is 1.19 bits per heavy atom. The summed E-state index contributed by atoms with van der Waals surface area (Å²) in [6, 6.07) is 4.55. The number of nitrogens with one attached hydrogen (secondary N) is 1. The van der Waals surface area contributed by atoms with Gasteiger partial charge in [0.15, 0.2) is 0 Å². The van der Waals surface area contributed by atoms with E-state index in [0.717, 1.165) is 61.2 Å². The molecule has 3 rings (SSSR count). The van der Waals surface area contributed by atoms with Crippen LogP contribution in [0.1, 0.15) is 92.8 Å². The molecule has 0 bridgehead atoms. The van der Waals surface area contributed by atoms with Gasteiger partial charge in [-0.05, 0) is 61.1 Å². The van der Waals surface area contributed by atoms with Crippen molar-refractivity contribution in [3.05, 3.63) is 59.7 Å². The zero-order chi connectivity index (χ0) is 23.1. The first kappa shape index (κ1) is 24.4. The highest BCUT2D eigenvalue weighted by atomic mass is 16.2.